The Bertz CT molecular complexity index is 417. The van der Waals surface area contributed by atoms with Crippen LogP contribution in [0.4, 0.5) is 13.2 Å². The number of halogens is 3. The van der Waals surface area contributed by atoms with Gasteiger partial charge >= 0.3 is 6.18 Å². The molecule has 1 aliphatic heterocycles. The maximum Gasteiger partial charge on any atom is 0.416 e. The Kier molecular flexibility index (Phi) is 4.47. The molecule has 1 heterocycles. The van der Waals surface area contributed by atoms with Crippen molar-refractivity contribution in [3.05, 3.63) is 35.4 Å². The third-order valence-corrected chi connectivity index (χ3v) is 3.57. The molecule has 2 atom stereocenters. The van der Waals surface area contributed by atoms with Crippen LogP contribution in [0.2, 0.25) is 0 Å². The lowest BCUT2D eigenvalue weighted by molar-refractivity contribution is -0.138. The molecule has 19 heavy (non-hydrogen) atoms. The van der Waals surface area contributed by atoms with Gasteiger partial charge in [0.25, 0.3) is 0 Å². The van der Waals surface area contributed by atoms with E-state index in [1.165, 1.54) is 12.1 Å². The minimum atomic E-state index is -4.28. The first-order chi connectivity index (χ1) is 9.02. The number of hydrogen-bond donors (Lipinski definition) is 1. The van der Waals surface area contributed by atoms with Crippen LogP contribution >= 0.6 is 0 Å². The molecule has 5 heteroatoms. The van der Waals surface area contributed by atoms with Crippen molar-refractivity contribution in [3.8, 4) is 0 Å². The van der Waals surface area contributed by atoms with E-state index in [0.29, 0.717) is 18.6 Å². The number of hydrogen-bond acceptors (Lipinski definition) is 2. The molecular weight excluding hydrogens is 255 g/mol. The number of rotatable bonds is 3. The topological polar surface area (TPSA) is 21.3 Å². The van der Waals surface area contributed by atoms with Crippen LogP contribution < -0.4 is 5.32 Å². The van der Waals surface area contributed by atoms with E-state index in [-0.39, 0.29) is 12.0 Å². The lowest BCUT2D eigenvalue weighted by atomic mass is 9.84. The molecule has 1 aromatic carbocycles. The van der Waals surface area contributed by atoms with Crippen molar-refractivity contribution in [3.63, 3.8) is 0 Å². The zero-order valence-electron chi connectivity index (χ0n) is 10.8. The van der Waals surface area contributed by atoms with Crippen molar-refractivity contribution in [2.45, 2.75) is 31.0 Å². The first-order valence-electron chi connectivity index (χ1n) is 6.41. The molecule has 2 rings (SSSR count). The second kappa shape index (κ2) is 5.92. The molecule has 1 aliphatic rings. The molecule has 0 spiro atoms. The summed E-state index contributed by atoms with van der Waals surface area (Å²) in [6, 6.07) is 6.02. The van der Waals surface area contributed by atoms with Crippen molar-refractivity contribution in [2.24, 2.45) is 0 Å². The predicted octanol–water partition coefficient (Wildman–Crippen LogP) is 3.19. The fourth-order valence-electron chi connectivity index (χ4n) is 2.73. The van der Waals surface area contributed by atoms with E-state index in [1.54, 1.807) is 19.2 Å². The summed E-state index contributed by atoms with van der Waals surface area (Å²) in [6.07, 6.45) is -2.87. The summed E-state index contributed by atoms with van der Waals surface area (Å²) < 4.78 is 44.1. The number of nitrogens with one attached hydrogen (secondary N) is 1. The maximum absolute atomic E-state index is 13.0. The normalized spacial score (nSPS) is 24.4. The first-order valence-corrected chi connectivity index (χ1v) is 6.41. The zero-order valence-corrected chi connectivity index (χ0v) is 10.8. The Hall–Kier alpha value is -1.07. The summed E-state index contributed by atoms with van der Waals surface area (Å²) in [5.41, 5.74) is -0.0873. The van der Waals surface area contributed by atoms with Gasteiger partial charge in [-0.25, -0.2) is 0 Å². The summed E-state index contributed by atoms with van der Waals surface area (Å²) >= 11 is 0. The number of methoxy groups -OCH3 is 1. The predicted molar refractivity (Wildman–Crippen MR) is 67.1 cm³/mol. The molecule has 0 aliphatic carbocycles. The highest BCUT2D eigenvalue weighted by atomic mass is 19.4. The Morgan fingerprint density at radius 2 is 2.05 bits per heavy atom. The van der Waals surface area contributed by atoms with Gasteiger partial charge in [-0.1, -0.05) is 18.2 Å². The molecule has 106 valence electrons. The summed E-state index contributed by atoms with van der Waals surface area (Å²) in [5.74, 6) is -0.0563. The quantitative estimate of drug-likeness (QED) is 0.913. The average molecular weight is 273 g/mol. The second-order valence-electron chi connectivity index (χ2n) is 4.91. The van der Waals surface area contributed by atoms with Crippen LogP contribution in [0.5, 0.6) is 0 Å². The number of benzene rings is 1. The highest BCUT2D eigenvalue weighted by Crippen LogP contribution is 2.38. The SMILES string of the molecule is COCC1CC(c2ccccc2C(F)(F)F)CCN1. The minimum absolute atomic E-state index is 0.0563. The van der Waals surface area contributed by atoms with Gasteiger partial charge in [-0.3, -0.25) is 0 Å². The third-order valence-electron chi connectivity index (χ3n) is 3.57. The highest BCUT2D eigenvalue weighted by molar-refractivity contribution is 5.33. The van der Waals surface area contributed by atoms with Crippen LogP contribution in [0.1, 0.15) is 29.9 Å². The third kappa shape index (κ3) is 3.48. The fraction of sp³-hybridized carbons (Fsp3) is 0.571. The van der Waals surface area contributed by atoms with Crippen LogP contribution in [0.15, 0.2) is 24.3 Å². The second-order valence-corrected chi connectivity index (χ2v) is 4.91. The summed E-state index contributed by atoms with van der Waals surface area (Å²) in [4.78, 5) is 0. The standard InChI is InChI=1S/C14H18F3NO/c1-19-9-11-8-10(6-7-18-11)12-4-2-3-5-13(12)14(15,16)17/h2-5,10-11,18H,6-9H2,1H3. The number of ether oxygens (including phenoxy) is 1. The van der Waals surface area contributed by atoms with E-state index in [1.807, 2.05) is 0 Å². The van der Waals surface area contributed by atoms with E-state index >= 15 is 0 Å². The maximum atomic E-state index is 13.0. The van der Waals surface area contributed by atoms with Gasteiger partial charge < -0.3 is 10.1 Å². The van der Waals surface area contributed by atoms with Gasteiger partial charge in [0.1, 0.15) is 0 Å². The van der Waals surface area contributed by atoms with Gasteiger partial charge in [-0.05, 0) is 36.9 Å². The van der Waals surface area contributed by atoms with Gasteiger partial charge in [-0.2, -0.15) is 13.2 Å². The molecule has 2 unspecified atom stereocenters. The Balaban J connectivity index is 2.21. The van der Waals surface area contributed by atoms with Crippen LogP contribution in [0, 0.1) is 0 Å². The molecule has 1 aromatic rings. The highest BCUT2D eigenvalue weighted by Gasteiger charge is 2.36. The summed E-state index contributed by atoms with van der Waals surface area (Å²) in [5, 5.41) is 3.27. The summed E-state index contributed by atoms with van der Waals surface area (Å²) in [6.45, 7) is 1.26. The molecule has 1 saturated heterocycles. The zero-order chi connectivity index (χ0) is 13.9. The van der Waals surface area contributed by atoms with Crippen LogP contribution in [-0.2, 0) is 10.9 Å². The van der Waals surface area contributed by atoms with Crippen LogP contribution in [0.25, 0.3) is 0 Å². The Morgan fingerprint density at radius 1 is 1.32 bits per heavy atom. The number of piperidine rings is 1. The molecule has 0 amide bonds. The molecule has 1 N–H and O–H groups in total. The smallest absolute Gasteiger partial charge is 0.383 e. The molecule has 2 nitrogen and oxygen atoms in total. The van der Waals surface area contributed by atoms with Gasteiger partial charge in [0, 0.05) is 13.2 Å². The first kappa shape index (κ1) is 14.3. The molecule has 1 fully saturated rings. The Labute approximate surface area is 111 Å². The van der Waals surface area contributed by atoms with E-state index in [4.69, 9.17) is 4.74 Å². The van der Waals surface area contributed by atoms with Crippen LogP contribution in [0.3, 0.4) is 0 Å². The van der Waals surface area contributed by atoms with E-state index in [9.17, 15) is 13.2 Å². The molecular formula is C14H18F3NO. The molecule has 0 radical (unpaired) electrons. The van der Waals surface area contributed by atoms with E-state index < -0.39 is 11.7 Å². The van der Waals surface area contributed by atoms with E-state index in [0.717, 1.165) is 13.0 Å². The van der Waals surface area contributed by atoms with Crippen molar-refractivity contribution < 1.29 is 17.9 Å². The van der Waals surface area contributed by atoms with Crippen molar-refractivity contribution in [2.75, 3.05) is 20.3 Å². The van der Waals surface area contributed by atoms with E-state index in [2.05, 4.69) is 5.32 Å². The largest absolute Gasteiger partial charge is 0.416 e. The fourth-order valence-corrected chi connectivity index (χ4v) is 2.73. The Morgan fingerprint density at radius 3 is 2.74 bits per heavy atom. The van der Waals surface area contributed by atoms with Gasteiger partial charge in [0.15, 0.2) is 0 Å². The average Bonchev–Trinajstić information content (AvgIpc) is 2.38. The van der Waals surface area contributed by atoms with Crippen molar-refractivity contribution in [1.82, 2.24) is 5.32 Å². The molecule has 0 bridgehead atoms. The minimum Gasteiger partial charge on any atom is -0.383 e. The van der Waals surface area contributed by atoms with Gasteiger partial charge in [0.2, 0.25) is 0 Å². The monoisotopic (exact) mass is 273 g/mol. The number of alkyl halides is 3. The van der Waals surface area contributed by atoms with Gasteiger partial charge in [-0.15, -0.1) is 0 Å². The van der Waals surface area contributed by atoms with Crippen molar-refractivity contribution in [1.29, 1.82) is 0 Å². The van der Waals surface area contributed by atoms with Crippen molar-refractivity contribution >= 4 is 0 Å². The summed E-state index contributed by atoms with van der Waals surface area (Å²) in [7, 11) is 1.61. The molecule has 0 aromatic heterocycles. The van der Waals surface area contributed by atoms with Crippen LogP contribution in [-0.4, -0.2) is 26.3 Å². The molecule has 0 saturated carbocycles. The lowest BCUT2D eigenvalue weighted by Gasteiger charge is -2.31. The van der Waals surface area contributed by atoms with Gasteiger partial charge in [0.05, 0.1) is 12.2 Å². The lowest BCUT2D eigenvalue weighted by Crippen LogP contribution is -2.40.